The van der Waals surface area contributed by atoms with Crippen LogP contribution in [0.3, 0.4) is 0 Å². The van der Waals surface area contributed by atoms with Crippen LogP contribution in [0.15, 0.2) is 55.0 Å². The van der Waals surface area contributed by atoms with Crippen LogP contribution in [0.4, 0.5) is 4.39 Å². The summed E-state index contributed by atoms with van der Waals surface area (Å²) in [4.78, 5) is 8.41. The van der Waals surface area contributed by atoms with Crippen LogP contribution in [0.1, 0.15) is 17.3 Å². The lowest BCUT2D eigenvalue weighted by Gasteiger charge is -2.18. The van der Waals surface area contributed by atoms with Crippen molar-refractivity contribution in [1.82, 2.24) is 15.3 Å². The molecule has 1 aromatic carbocycles. The molecule has 20 heavy (non-hydrogen) atoms. The molecule has 1 atom stereocenters. The predicted molar refractivity (Wildman–Crippen MR) is 76.8 cm³/mol. The van der Waals surface area contributed by atoms with Gasteiger partial charge in [-0.1, -0.05) is 24.3 Å². The Kier molecular flexibility index (Phi) is 3.39. The van der Waals surface area contributed by atoms with Crippen LogP contribution in [-0.4, -0.2) is 17.0 Å². The minimum Gasteiger partial charge on any atom is -0.308 e. The summed E-state index contributed by atoms with van der Waals surface area (Å²) in [6.07, 6.45) is 5.17. The molecule has 0 saturated carbocycles. The minimum atomic E-state index is -0.324. The Balaban J connectivity index is 2.20. The van der Waals surface area contributed by atoms with Gasteiger partial charge in [0, 0.05) is 29.5 Å². The Hall–Kier alpha value is -2.33. The highest BCUT2D eigenvalue weighted by Gasteiger charge is 2.19. The molecular formula is C16H14FN3. The van der Waals surface area contributed by atoms with E-state index in [1.807, 2.05) is 24.3 Å². The van der Waals surface area contributed by atoms with E-state index in [4.69, 9.17) is 0 Å². The summed E-state index contributed by atoms with van der Waals surface area (Å²) < 4.78 is 14.0. The number of hydrogen-bond donors (Lipinski definition) is 1. The highest BCUT2D eigenvalue weighted by Crippen LogP contribution is 2.27. The molecular weight excluding hydrogens is 253 g/mol. The molecule has 0 aliphatic carbocycles. The molecule has 2 heterocycles. The van der Waals surface area contributed by atoms with Crippen molar-refractivity contribution < 1.29 is 4.39 Å². The number of benzene rings is 1. The van der Waals surface area contributed by atoms with E-state index in [9.17, 15) is 4.39 Å². The van der Waals surface area contributed by atoms with Gasteiger partial charge in [0.1, 0.15) is 5.82 Å². The molecule has 0 fully saturated rings. The Bertz CT molecular complexity index is 737. The number of nitrogens with one attached hydrogen (secondary N) is 1. The third kappa shape index (κ3) is 2.14. The summed E-state index contributed by atoms with van der Waals surface area (Å²) in [5.41, 5.74) is 1.30. The topological polar surface area (TPSA) is 37.8 Å². The Labute approximate surface area is 116 Å². The van der Waals surface area contributed by atoms with E-state index >= 15 is 0 Å². The van der Waals surface area contributed by atoms with Crippen molar-refractivity contribution in [2.45, 2.75) is 6.04 Å². The van der Waals surface area contributed by atoms with E-state index in [1.165, 1.54) is 6.07 Å². The van der Waals surface area contributed by atoms with Gasteiger partial charge in [0.2, 0.25) is 0 Å². The van der Waals surface area contributed by atoms with Crippen LogP contribution in [0.2, 0.25) is 0 Å². The number of hydrogen-bond acceptors (Lipinski definition) is 3. The summed E-state index contributed by atoms with van der Waals surface area (Å²) in [6.45, 7) is 0. The number of aromatic nitrogens is 2. The number of halogens is 1. The first-order chi connectivity index (χ1) is 9.81. The summed E-state index contributed by atoms with van der Waals surface area (Å²) in [5.74, 6) is -0.320. The normalized spacial score (nSPS) is 12.5. The molecule has 100 valence electrons. The van der Waals surface area contributed by atoms with Gasteiger partial charge < -0.3 is 5.32 Å². The average Bonchev–Trinajstić information content (AvgIpc) is 2.50. The molecule has 4 heteroatoms. The van der Waals surface area contributed by atoms with Gasteiger partial charge in [0.25, 0.3) is 0 Å². The van der Waals surface area contributed by atoms with Gasteiger partial charge in [-0.05, 0) is 24.6 Å². The SMILES string of the molecule is CNC(c1ncccc1F)c1cncc2ccccc12. The third-order valence-corrected chi connectivity index (χ3v) is 3.36. The smallest absolute Gasteiger partial charge is 0.146 e. The van der Waals surface area contributed by atoms with Crippen molar-refractivity contribution in [2.75, 3.05) is 7.05 Å². The van der Waals surface area contributed by atoms with Crippen molar-refractivity contribution in [3.8, 4) is 0 Å². The van der Waals surface area contributed by atoms with Crippen LogP contribution >= 0.6 is 0 Å². The van der Waals surface area contributed by atoms with Crippen LogP contribution in [0.25, 0.3) is 10.8 Å². The molecule has 0 bridgehead atoms. The summed E-state index contributed by atoms with van der Waals surface area (Å²) >= 11 is 0. The maximum absolute atomic E-state index is 14.0. The van der Waals surface area contributed by atoms with E-state index in [0.717, 1.165) is 16.3 Å². The number of rotatable bonds is 3. The summed E-state index contributed by atoms with van der Waals surface area (Å²) in [5, 5.41) is 5.20. The molecule has 3 nitrogen and oxygen atoms in total. The van der Waals surface area contributed by atoms with E-state index in [-0.39, 0.29) is 11.9 Å². The molecule has 0 amide bonds. The molecule has 1 unspecified atom stereocenters. The van der Waals surface area contributed by atoms with E-state index in [2.05, 4.69) is 15.3 Å². The van der Waals surface area contributed by atoms with E-state index in [0.29, 0.717) is 5.69 Å². The van der Waals surface area contributed by atoms with Crippen molar-refractivity contribution in [3.63, 3.8) is 0 Å². The van der Waals surface area contributed by atoms with Crippen molar-refractivity contribution >= 4 is 10.8 Å². The lowest BCUT2D eigenvalue weighted by molar-refractivity contribution is 0.560. The fraction of sp³-hybridized carbons (Fsp3) is 0.125. The van der Waals surface area contributed by atoms with Crippen molar-refractivity contribution in [2.24, 2.45) is 0 Å². The van der Waals surface area contributed by atoms with Gasteiger partial charge in [0.15, 0.2) is 0 Å². The zero-order valence-electron chi connectivity index (χ0n) is 11.0. The zero-order chi connectivity index (χ0) is 13.9. The Morgan fingerprint density at radius 3 is 2.75 bits per heavy atom. The standard InChI is InChI=1S/C16H14FN3/c1-18-15(16-14(17)7-4-8-20-16)13-10-19-9-11-5-2-3-6-12(11)13/h2-10,15,18H,1H3. The third-order valence-electron chi connectivity index (χ3n) is 3.36. The first kappa shape index (κ1) is 12.7. The molecule has 0 aliphatic heterocycles. The maximum atomic E-state index is 14.0. The van der Waals surface area contributed by atoms with E-state index < -0.39 is 0 Å². The molecule has 0 aliphatic rings. The first-order valence-electron chi connectivity index (χ1n) is 6.41. The Morgan fingerprint density at radius 1 is 1.10 bits per heavy atom. The fourth-order valence-electron chi connectivity index (χ4n) is 2.42. The fourth-order valence-corrected chi connectivity index (χ4v) is 2.42. The van der Waals surface area contributed by atoms with Gasteiger partial charge in [-0.15, -0.1) is 0 Å². The Morgan fingerprint density at radius 2 is 1.95 bits per heavy atom. The number of nitrogens with zero attached hydrogens (tertiary/aromatic N) is 2. The van der Waals surface area contributed by atoms with Gasteiger partial charge in [-0.3, -0.25) is 9.97 Å². The zero-order valence-corrected chi connectivity index (χ0v) is 11.0. The second-order valence-electron chi connectivity index (χ2n) is 4.54. The van der Waals surface area contributed by atoms with Crippen molar-refractivity contribution in [1.29, 1.82) is 0 Å². The molecule has 0 saturated heterocycles. The first-order valence-corrected chi connectivity index (χ1v) is 6.41. The van der Waals surface area contributed by atoms with Crippen LogP contribution in [0, 0.1) is 5.82 Å². The van der Waals surface area contributed by atoms with Gasteiger partial charge in [0.05, 0.1) is 11.7 Å². The second-order valence-corrected chi connectivity index (χ2v) is 4.54. The van der Waals surface area contributed by atoms with Gasteiger partial charge in [-0.2, -0.15) is 0 Å². The second kappa shape index (κ2) is 5.35. The molecule has 3 rings (SSSR count). The van der Waals surface area contributed by atoms with Gasteiger partial charge in [-0.25, -0.2) is 4.39 Å². The lowest BCUT2D eigenvalue weighted by Crippen LogP contribution is -2.20. The van der Waals surface area contributed by atoms with Crippen LogP contribution in [-0.2, 0) is 0 Å². The van der Waals surface area contributed by atoms with Gasteiger partial charge >= 0.3 is 0 Å². The lowest BCUT2D eigenvalue weighted by atomic mass is 9.99. The summed E-state index contributed by atoms with van der Waals surface area (Å²) in [7, 11) is 1.79. The molecule has 0 spiro atoms. The predicted octanol–water partition coefficient (Wildman–Crippen LogP) is 3.08. The molecule has 3 aromatic rings. The molecule has 0 radical (unpaired) electrons. The number of fused-ring (bicyclic) bond motifs is 1. The molecule has 1 N–H and O–H groups in total. The molecule has 2 aromatic heterocycles. The minimum absolute atomic E-state index is 0.320. The average molecular weight is 267 g/mol. The van der Waals surface area contributed by atoms with E-state index in [1.54, 1.807) is 31.7 Å². The largest absolute Gasteiger partial charge is 0.308 e. The van der Waals surface area contributed by atoms with Crippen LogP contribution < -0.4 is 5.32 Å². The maximum Gasteiger partial charge on any atom is 0.146 e. The highest BCUT2D eigenvalue weighted by atomic mass is 19.1. The summed E-state index contributed by atoms with van der Waals surface area (Å²) in [6, 6.07) is 10.6. The number of pyridine rings is 2. The monoisotopic (exact) mass is 267 g/mol. The quantitative estimate of drug-likeness (QED) is 0.792. The van der Waals surface area contributed by atoms with Crippen molar-refractivity contribution in [3.05, 3.63) is 72.1 Å². The highest BCUT2D eigenvalue weighted by molar-refractivity contribution is 5.85. The van der Waals surface area contributed by atoms with Crippen LogP contribution in [0.5, 0.6) is 0 Å².